The zero-order chi connectivity index (χ0) is 24.3. The first-order valence-electron chi connectivity index (χ1n) is 10.8. The van der Waals surface area contributed by atoms with Crippen LogP contribution in [-0.4, -0.2) is 42.8 Å². The van der Waals surface area contributed by atoms with E-state index >= 15 is 0 Å². The van der Waals surface area contributed by atoms with Gasteiger partial charge in [0.15, 0.2) is 0 Å². The second-order valence-corrected chi connectivity index (χ2v) is 8.34. The molecule has 2 aromatic carbocycles. The molecule has 0 aliphatic heterocycles. The lowest BCUT2D eigenvalue weighted by Gasteiger charge is -2.22. The largest absolute Gasteiger partial charge is 0.488 e. The number of amides is 2. The molecular weight excluding hydrogens is 424 g/mol. The molecule has 8 heteroatoms. The van der Waals surface area contributed by atoms with Crippen LogP contribution in [-0.2, 0) is 32.1 Å². The highest BCUT2D eigenvalue weighted by atomic mass is 16.5. The van der Waals surface area contributed by atoms with Gasteiger partial charge in [0, 0.05) is 6.42 Å². The van der Waals surface area contributed by atoms with Gasteiger partial charge in [0.2, 0.25) is 5.91 Å². The first kappa shape index (κ1) is 25.7. The molecule has 0 fully saturated rings. The number of alkyl carbamates (subject to hydrolysis) is 1. The molecule has 33 heavy (non-hydrogen) atoms. The van der Waals surface area contributed by atoms with Gasteiger partial charge in [0.05, 0.1) is 6.61 Å². The summed E-state index contributed by atoms with van der Waals surface area (Å²) >= 11 is 0. The summed E-state index contributed by atoms with van der Waals surface area (Å²) in [4.78, 5) is 36.7. The van der Waals surface area contributed by atoms with E-state index in [1.54, 1.807) is 6.92 Å². The molecule has 0 aromatic heterocycles. The van der Waals surface area contributed by atoms with Crippen molar-refractivity contribution in [3.8, 4) is 5.75 Å². The Morgan fingerprint density at radius 3 is 2.18 bits per heavy atom. The lowest BCUT2D eigenvalue weighted by Crippen LogP contribution is -2.49. The molecule has 2 amide bonds. The van der Waals surface area contributed by atoms with Crippen molar-refractivity contribution in [2.45, 2.75) is 52.4 Å². The quantitative estimate of drug-likeness (QED) is 0.532. The van der Waals surface area contributed by atoms with Gasteiger partial charge in [-0.1, -0.05) is 42.5 Å². The van der Waals surface area contributed by atoms with Crippen LogP contribution in [0.15, 0.2) is 54.6 Å². The molecule has 2 aromatic rings. The van der Waals surface area contributed by atoms with Crippen molar-refractivity contribution in [3.05, 3.63) is 65.7 Å². The van der Waals surface area contributed by atoms with Gasteiger partial charge >= 0.3 is 12.1 Å². The van der Waals surface area contributed by atoms with Gasteiger partial charge in [-0.05, 0) is 51.0 Å². The summed E-state index contributed by atoms with van der Waals surface area (Å²) in [6, 6.07) is 15.5. The van der Waals surface area contributed by atoms with E-state index in [2.05, 4.69) is 10.6 Å². The fourth-order valence-electron chi connectivity index (χ4n) is 2.89. The second kappa shape index (κ2) is 12.5. The standard InChI is InChI=1S/C25H32N2O6/c1-5-31-22(28)16-26-23(29)21(27-24(30)32-17-19-9-7-6-8-10-19)15-18-11-13-20(14-12-18)33-25(2,3)4/h6-14,21H,5,15-17H2,1-4H3,(H,26,29)(H,27,30)/t21-/m0/s1. The molecule has 0 heterocycles. The number of hydrogen-bond acceptors (Lipinski definition) is 6. The SMILES string of the molecule is CCOC(=O)CNC(=O)[C@H](Cc1ccc(OC(C)(C)C)cc1)NC(=O)OCc1ccccc1. The minimum atomic E-state index is -0.947. The Labute approximate surface area is 194 Å². The van der Waals surface area contributed by atoms with Crippen LogP contribution in [0.5, 0.6) is 5.75 Å². The van der Waals surface area contributed by atoms with Crippen molar-refractivity contribution < 1.29 is 28.6 Å². The van der Waals surface area contributed by atoms with Crippen LogP contribution in [0, 0.1) is 0 Å². The van der Waals surface area contributed by atoms with Crippen molar-refractivity contribution in [1.29, 1.82) is 0 Å². The Kier molecular flexibility index (Phi) is 9.72. The highest BCUT2D eigenvalue weighted by Gasteiger charge is 2.23. The predicted octanol–water partition coefficient (Wildman–Crippen LogP) is 3.38. The molecular formula is C25H32N2O6. The zero-order valence-corrected chi connectivity index (χ0v) is 19.6. The Morgan fingerprint density at radius 2 is 1.58 bits per heavy atom. The monoisotopic (exact) mass is 456 g/mol. The summed E-state index contributed by atoms with van der Waals surface area (Å²) in [6.45, 7) is 7.54. The maximum absolute atomic E-state index is 12.7. The number of benzene rings is 2. The van der Waals surface area contributed by atoms with E-state index < -0.39 is 24.0 Å². The molecule has 2 N–H and O–H groups in total. The minimum absolute atomic E-state index is 0.0721. The average molecular weight is 457 g/mol. The molecule has 1 atom stereocenters. The van der Waals surface area contributed by atoms with Crippen LogP contribution in [0.2, 0.25) is 0 Å². The normalized spacial score (nSPS) is 11.8. The van der Waals surface area contributed by atoms with Crippen molar-refractivity contribution in [3.63, 3.8) is 0 Å². The molecule has 2 rings (SSSR count). The fraction of sp³-hybridized carbons (Fsp3) is 0.400. The van der Waals surface area contributed by atoms with Crippen LogP contribution in [0.4, 0.5) is 4.79 Å². The van der Waals surface area contributed by atoms with Gasteiger partial charge in [-0.15, -0.1) is 0 Å². The molecule has 0 aliphatic carbocycles. The Bertz CT molecular complexity index is 907. The lowest BCUT2D eigenvalue weighted by molar-refractivity contribution is -0.143. The number of rotatable bonds is 10. The van der Waals surface area contributed by atoms with Gasteiger partial charge in [-0.2, -0.15) is 0 Å². The summed E-state index contributed by atoms with van der Waals surface area (Å²) in [6.07, 6.45) is -0.534. The first-order valence-corrected chi connectivity index (χ1v) is 10.8. The van der Waals surface area contributed by atoms with E-state index in [0.717, 1.165) is 11.1 Å². The van der Waals surface area contributed by atoms with Gasteiger partial charge < -0.3 is 24.8 Å². The number of carbonyl (C=O) groups is 3. The number of hydrogen-bond donors (Lipinski definition) is 2. The summed E-state index contributed by atoms with van der Waals surface area (Å²) in [5, 5.41) is 5.09. The van der Waals surface area contributed by atoms with Crippen molar-refractivity contribution in [2.24, 2.45) is 0 Å². The van der Waals surface area contributed by atoms with Crippen molar-refractivity contribution in [2.75, 3.05) is 13.2 Å². The van der Waals surface area contributed by atoms with Gasteiger partial charge in [-0.25, -0.2) is 4.79 Å². The van der Waals surface area contributed by atoms with Crippen LogP contribution in [0.3, 0.4) is 0 Å². The van der Waals surface area contributed by atoms with E-state index in [9.17, 15) is 14.4 Å². The molecule has 0 saturated carbocycles. The molecule has 0 unspecified atom stereocenters. The molecule has 0 bridgehead atoms. The number of nitrogens with one attached hydrogen (secondary N) is 2. The Balaban J connectivity index is 2.03. The second-order valence-electron chi connectivity index (χ2n) is 8.34. The lowest BCUT2D eigenvalue weighted by atomic mass is 10.0. The topological polar surface area (TPSA) is 103 Å². The first-order chi connectivity index (χ1) is 15.7. The third-order valence-electron chi connectivity index (χ3n) is 4.32. The maximum Gasteiger partial charge on any atom is 0.408 e. The van der Waals surface area contributed by atoms with Crippen LogP contribution < -0.4 is 15.4 Å². The number of carbonyl (C=O) groups excluding carboxylic acids is 3. The molecule has 0 saturated heterocycles. The molecule has 0 spiro atoms. The van der Waals surface area contributed by atoms with E-state index in [-0.39, 0.29) is 31.8 Å². The van der Waals surface area contributed by atoms with E-state index in [1.165, 1.54) is 0 Å². The zero-order valence-electron chi connectivity index (χ0n) is 19.6. The summed E-state index contributed by atoms with van der Waals surface area (Å²) in [5.74, 6) is -0.375. The van der Waals surface area contributed by atoms with E-state index in [1.807, 2.05) is 75.4 Å². The van der Waals surface area contributed by atoms with Crippen LogP contribution >= 0.6 is 0 Å². The van der Waals surface area contributed by atoms with Crippen LogP contribution in [0.1, 0.15) is 38.8 Å². The maximum atomic E-state index is 12.7. The Hall–Kier alpha value is -3.55. The third kappa shape index (κ3) is 10.1. The molecule has 0 aliphatic rings. The van der Waals surface area contributed by atoms with Crippen molar-refractivity contribution in [1.82, 2.24) is 10.6 Å². The van der Waals surface area contributed by atoms with Gasteiger partial charge in [0.25, 0.3) is 0 Å². The molecule has 0 radical (unpaired) electrons. The third-order valence-corrected chi connectivity index (χ3v) is 4.32. The predicted molar refractivity (Wildman–Crippen MR) is 124 cm³/mol. The summed E-state index contributed by atoms with van der Waals surface area (Å²) in [5.41, 5.74) is 1.29. The van der Waals surface area contributed by atoms with E-state index in [4.69, 9.17) is 14.2 Å². The van der Waals surface area contributed by atoms with Gasteiger partial charge in [-0.3, -0.25) is 9.59 Å². The van der Waals surface area contributed by atoms with Crippen LogP contribution in [0.25, 0.3) is 0 Å². The van der Waals surface area contributed by atoms with E-state index in [0.29, 0.717) is 5.75 Å². The van der Waals surface area contributed by atoms with Crippen molar-refractivity contribution >= 4 is 18.0 Å². The van der Waals surface area contributed by atoms with Gasteiger partial charge in [0.1, 0.15) is 30.5 Å². The number of esters is 1. The summed E-state index contributed by atoms with van der Waals surface area (Å²) in [7, 11) is 0. The summed E-state index contributed by atoms with van der Waals surface area (Å²) < 4.78 is 15.9. The minimum Gasteiger partial charge on any atom is -0.488 e. The highest BCUT2D eigenvalue weighted by Crippen LogP contribution is 2.19. The Morgan fingerprint density at radius 1 is 0.909 bits per heavy atom. The number of ether oxygens (including phenoxy) is 3. The highest BCUT2D eigenvalue weighted by molar-refractivity contribution is 5.88. The molecule has 8 nitrogen and oxygen atoms in total. The smallest absolute Gasteiger partial charge is 0.408 e. The average Bonchev–Trinajstić information content (AvgIpc) is 2.77. The fourth-order valence-corrected chi connectivity index (χ4v) is 2.89. The molecule has 178 valence electrons.